The van der Waals surface area contributed by atoms with Crippen LogP contribution < -0.4 is 5.32 Å². The lowest BCUT2D eigenvalue weighted by atomic mass is 10.4. The summed E-state index contributed by atoms with van der Waals surface area (Å²) in [5.74, 6) is -0.703. The molecule has 5 heteroatoms. The molecule has 16 heavy (non-hydrogen) atoms. The van der Waals surface area contributed by atoms with Gasteiger partial charge in [-0.25, -0.2) is 0 Å². The molecule has 0 unspecified atom stereocenters. The van der Waals surface area contributed by atoms with Gasteiger partial charge in [-0.1, -0.05) is 0 Å². The minimum Gasteiger partial charge on any atom is -0.465 e. The number of amides is 1. The third kappa shape index (κ3) is 2.85. The van der Waals surface area contributed by atoms with Crippen LogP contribution in [0.25, 0.3) is 0 Å². The van der Waals surface area contributed by atoms with E-state index in [0.29, 0.717) is 12.3 Å². The van der Waals surface area contributed by atoms with Crippen LogP contribution in [0, 0.1) is 6.92 Å². The van der Waals surface area contributed by atoms with Crippen LogP contribution in [-0.2, 0) is 16.6 Å². The fraction of sp³-hybridized carbons (Fsp3) is 0.455. The number of rotatable bonds is 4. The zero-order chi connectivity index (χ0) is 12.1. The molecule has 1 N–H and O–H groups in total. The fourth-order valence-corrected chi connectivity index (χ4v) is 1.30. The van der Waals surface area contributed by atoms with Gasteiger partial charge in [-0.2, -0.15) is 0 Å². The molecule has 0 fully saturated rings. The van der Waals surface area contributed by atoms with E-state index in [2.05, 4.69) is 5.32 Å². The quantitative estimate of drug-likeness (QED) is 0.763. The van der Waals surface area contributed by atoms with Gasteiger partial charge in [-0.05, 0) is 26.0 Å². The molecule has 0 aliphatic heterocycles. The molecule has 5 nitrogen and oxygen atoms in total. The first kappa shape index (κ1) is 12.3. The Morgan fingerprint density at radius 3 is 2.62 bits per heavy atom. The number of nitrogens with one attached hydrogen (secondary N) is 1. The van der Waals surface area contributed by atoms with Gasteiger partial charge < -0.3 is 14.6 Å². The third-order valence-corrected chi connectivity index (χ3v) is 2.30. The third-order valence-electron chi connectivity index (χ3n) is 2.30. The van der Waals surface area contributed by atoms with Gasteiger partial charge in [-0.3, -0.25) is 9.59 Å². The summed E-state index contributed by atoms with van der Waals surface area (Å²) in [5, 5.41) is 2.50. The van der Waals surface area contributed by atoms with Crippen LogP contribution in [0.1, 0.15) is 23.1 Å². The molecule has 1 aromatic heterocycles. The lowest BCUT2D eigenvalue weighted by molar-refractivity contribution is -0.141. The molecule has 1 rings (SSSR count). The Balaban J connectivity index is 2.53. The molecular formula is C11H16N2O3. The Hall–Kier alpha value is -1.78. The summed E-state index contributed by atoms with van der Waals surface area (Å²) in [4.78, 5) is 22.7. The highest BCUT2D eigenvalue weighted by molar-refractivity contribution is 5.94. The highest BCUT2D eigenvalue weighted by Gasteiger charge is 2.12. The predicted octanol–water partition coefficient (Wildman–Crippen LogP) is 0.626. The van der Waals surface area contributed by atoms with E-state index in [1.165, 1.54) is 0 Å². The largest absolute Gasteiger partial charge is 0.465 e. The highest BCUT2D eigenvalue weighted by atomic mass is 16.5. The van der Waals surface area contributed by atoms with Crippen molar-refractivity contribution in [3.05, 3.63) is 23.5 Å². The Kier molecular flexibility index (Phi) is 4.10. The van der Waals surface area contributed by atoms with Gasteiger partial charge in [0.2, 0.25) is 0 Å². The molecule has 1 amide bonds. The van der Waals surface area contributed by atoms with Crippen molar-refractivity contribution < 1.29 is 14.3 Å². The van der Waals surface area contributed by atoms with Gasteiger partial charge in [0.1, 0.15) is 12.2 Å². The minimum atomic E-state index is -0.429. The summed E-state index contributed by atoms with van der Waals surface area (Å²) in [6.07, 6.45) is 0. The van der Waals surface area contributed by atoms with Gasteiger partial charge in [0.05, 0.1) is 6.61 Å². The lowest BCUT2D eigenvalue weighted by Crippen LogP contribution is -2.31. The summed E-state index contributed by atoms with van der Waals surface area (Å²) in [5.41, 5.74) is 1.52. The molecule has 0 saturated carbocycles. The zero-order valence-electron chi connectivity index (χ0n) is 9.74. The summed E-state index contributed by atoms with van der Waals surface area (Å²) in [6.45, 7) is 3.84. The number of hydrogen-bond acceptors (Lipinski definition) is 3. The minimum absolute atomic E-state index is 0.100. The number of carbonyl (C=O) groups is 2. The Bertz CT molecular complexity index is 396. The molecule has 0 aromatic carbocycles. The van der Waals surface area contributed by atoms with E-state index < -0.39 is 5.97 Å². The standard InChI is InChI=1S/C11H16N2O3/c1-4-16-10(14)7-12-11(15)9-6-5-8(2)13(9)3/h5-6H,4,7H2,1-3H3,(H,12,15). The number of hydrogen-bond donors (Lipinski definition) is 1. The Morgan fingerprint density at radius 1 is 1.44 bits per heavy atom. The van der Waals surface area contributed by atoms with Gasteiger partial charge in [0, 0.05) is 12.7 Å². The van der Waals surface area contributed by atoms with Crippen molar-refractivity contribution in [1.82, 2.24) is 9.88 Å². The summed E-state index contributed by atoms with van der Waals surface area (Å²) in [6, 6.07) is 3.56. The maximum atomic E-state index is 11.6. The van der Waals surface area contributed by atoms with Gasteiger partial charge >= 0.3 is 5.97 Å². The normalized spacial score (nSPS) is 9.94. The topological polar surface area (TPSA) is 60.3 Å². The molecule has 0 bridgehead atoms. The van der Waals surface area contributed by atoms with Crippen LogP contribution in [0.5, 0.6) is 0 Å². The van der Waals surface area contributed by atoms with E-state index in [4.69, 9.17) is 4.74 Å². The summed E-state index contributed by atoms with van der Waals surface area (Å²) >= 11 is 0. The molecule has 1 aromatic rings. The fourth-order valence-electron chi connectivity index (χ4n) is 1.30. The second kappa shape index (κ2) is 5.34. The van der Waals surface area contributed by atoms with Gasteiger partial charge in [-0.15, -0.1) is 0 Å². The second-order valence-electron chi connectivity index (χ2n) is 3.41. The summed E-state index contributed by atoms with van der Waals surface area (Å²) in [7, 11) is 1.80. The Labute approximate surface area is 94.4 Å². The van der Waals surface area contributed by atoms with Crippen molar-refractivity contribution >= 4 is 11.9 Å². The van der Waals surface area contributed by atoms with Crippen LogP contribution in [0.4, 0.5) is 0 Å². The second-order valence-corrected chi connectivity index (χ2v) is 3.41. The van der Waals surface area contributed by atoms with Crippen LogP contribution >= 0.6 is 0 Å². The number of aryl methyl sites for hydroxylation is 1. The van der Waals surface area contributed by atoms with E-state index in [0.717, 1.165) is 5.69 Å². The van der Waals surface area contributed by atoms with Crippen molar-refractivity contribution in [3.63, 3.8) is 0 Å². The number of nitrogens with zero attached hydrogens (tertiary/aromatic N) is 1. The van der Waals surface area contributed by atoms with E-state index in [-0.39, 0.29) is 12.5 Å². The van der Waals surface area contributed by atoms with Gasteiger partial charge in [0.15, 0.2) is 0 Å². The first-order chi connectivity index (χ1) is 7.56. The number of esters is 1. The Morgan fingerprint density at radius 2 is 2.12 bits per heavy atom. The van der Waals surface area contributed by atoms with E-state index in [1.54, 1.807) is 24.6 Å². The van der Waals surface area contributed by atoms with Crippen LogP contribution in [-0.4, -0.2) is 29.6 Å². The molecule has 0 radical (unpaired) electrons. The first-order valence-corrected chi connectivity index (χ1v) is 5.12. The average molecular weight is 224 g/mol. The van der Waals surface area contributed by atoms with Crippen molar-refractivity contribution in [1.29, 1.82) is 0 Å². The maximum Gasteiger partial charge on any atom is 0.325 e. The molecule has 0 atom stereocenters. The van der Waals surface area contributed by atoms with E-state index in [1.807, 2.05) is 13.0 Å². The zero-order valence-corrected chi connectivity index (χ0v) is 9.74. The van der Waals surface area contributed by atoms with Crippen molar-refractivity contribution in [2.24, 2.45) is 7.05 Å². The smallest absolute Gasteiger partial charge is 0.325 e. The first-order valence-electron chi connectivity index (χ1n) is 5.12. The van der Waals surface area contributed by atoms with Crippen molar-refractivity contribution in [3.8, 4) is 0 Å². The van der Waals surface area contributed by atoms with Crippen molar-refractivity contribution in [2.45, 2.75) is 13.8 Å². The van der Waals surface area contributed by atoms with Gasteiger partial charge in [0.25, 0.3) is 5.91 Å². The van der Waals surface area contributed by atoms with Crippen LogP contribution in [0.3, 0.4) is 0 Å². The molecule has 1 heterocycles. The maximum absolute atomic E-state index is 11.6. The number of aromatic nitrogens is 1. The van der Waals surface area contributed by atoms with E-state index in [9.17, 15) is 9.59 Å². The molecule has 0 aliphatic carbocycles. The molecule has 0 aliphatic rings. The highest BCUT2D eigenvalue weighted by Crippen LogP contribution is 2.05. The number of ether oxygens (including phenoxy) is 1. The van der Waals surface area contributed by atoms with E-state index >= 15 is 0 Å². The molecule has 0 saturated heterocycles. The average Bonchev–Trinajstić information content (AvgIpc) is 2.57. The number of carbonyl (C=O) groups excluding carboxylic acids is 2. The molecular weight excluding hydrogens is 208 g/mol. The molecule has 0 spiro atoms. The predicted molar refractivity (Wildman–Crippen MR) is 59.1 cm³/mol. The lowest BCUT2D eigenvalue weighted by Gasteiger charge is -2.06. The van der Waals surface area contributed by atoms with Crippen molar-refractivity contribution in [2.75, 3.05) is 13.2 Å². The molecule has 88 valence electrons. The van der Waals surface area contributed by atoms with Crippen LogP contribution in [0.2, 0.25) is 0 Å². The summed E-state index contributed by atoms with van der Waals surface area (Å²) < 4.78 is 6.47. The monoisotopic (exact) mass is 224 g/mol. The van der Waals surface area contributed by atoms with Crippen LogP contribution in [0.15, 0.2) is 12.1 Å². The SMILES string of the molecule is CCOC(=O)CNC(=O)c1ccc(C)n1C.